The summed E-state index contributed by atoms with van der Waals surface area (Å²) in [6.07, 6.45) is 2.05. The van der Waals surface area contributed by atoms with E-state index in [0.29, 0.717) is 10.1 Å². The first-order valence-electron chi connectivity index (χ1n) is 8.35. The highest BCUT2D eigenvalue weighted by Gasteiger charge is 2.24. The van der Waals surface area contributed by atoms with E-state index in [1.807, 2.05) is 23.1 Å². The van der Waals surface area contributed by atoms with Gasteiger partial charge in [0.2, 0.25) is 10.0 Å². The topological polar surface area (TPSA) is 85.0 Å². The van der Waals surface area contributed by atoms with Gasteiger partial charge in [0.05, 0.1) is 0 Å². The number of nitrogens with one attached hydrogen (secondary N) is 2. The molecule has 0 radical (unpaired) electrons. The van der Waals surface area contributed by atoms with Crippen molar-refractivity contribution >= 4 is 50.5 Å². The lowest BCUT2D eigenvalue weighted by molar-refractivity contribution is -0.121. The number of sulfonamides is 1. The minimum absolute atomic E-state index is 0.377. The maximum Gasteiger partial charge on any atom is 0.255 e. The van der Waals surface area contributed by atoms with Crippen molar-refractivity contribution in [3.63, 3.8) is 0 Å². The summed E-state index contributed by atoms with van der Waals surface area (Å²) in [5.74, 6) is -1.45. The van der Waals surface area contributed by atoms with Crippen molar-refractivity contribution < 1.29 is 13.2 Å². The molecule has 1 heterocycles. The summed E-state index contributed by atoms with van der Waals surface area (Å²) in [7, 11) is -0.833. The molecule has 0 atom stereocenters. The lowest BCUT2D eigenvalue weighted by Gasteiger charge is -2.27. The minimum Gasteiger partial charge on any atom is -0.348 e. The third kappa shape index (κ3) is 6.38. The second-order valence-electron chi connectivity index (χ2n) is 6.15. The summed E-state index contributed by atoms with van der Waals surface area (Å²) in [5, 5.41) is 2.96. The fourth-order valence-electron chi connectivity index (χ4n) is 2.62. The molecule has 1 aromatic carbocycles. The number of rotatable bonds is 5. The standard InChI is InChI=1S/C16H23N5O3S3/c1-19(15(25)13-8-4-3-5-9-13)17-14(22)12-27(23,24)18-20(2)16(26)21-10-6-7-11-21/h3-5,8-9,18H,6-7,10-12H2,1-2H3,(H,17,22). The van der Waals surface area contributed by atoms with Crippen molar-refractivity contribution in [1.29, 1.82) is 0 Å². The van der Waals surface area contributed by atoms with Crippen molar-refractivity contribution in [3.8, 4) is 0 Å². The van der Waals surface area contributed by atoms with Crippen LogP contribution in [0.3, 0.4) is 0 Å². The van der Waals surface area contributed by atoms with E-state index in [4.69, 9.17) is 24.4 Å². The number of hydrazine groups is 2. The maximum atomic E-state index is 12.2. The van der Waals surface area contributed by atoms with Gasteiger partial charge in [-0.1, -0.05) is 42.5 Å². The zero-order chi connectivity index (χ0) is 20.0. The van der Waals surface area contributed by atoms with Gasteiger partial charge >= 0.3 is 0 Å². The van der Waals surface area contributed by atoms with Crippen LogP contribution in [0.1, 0.15) is 18.4 Å². The van der Waals surface area contributed by atoms with Crippen LogP contribution in [0.5, 0.6) is 0 Å². The fraction of sp³-hybridized carbons (Fsp3) is 0.438. The predicted molar refractivity (Wildman–Crippen MR) is 112 cm³/mol. The van der Waals surface area contributed by atoms with Crippen LogP contribution in [0.15, 0.2) is 30.3 Å². The van der Waals surface area contributed by atoms with E-state index in [1.165, 1.54) is 17.1 Å². The molecular weight excluding hydrogens is 406 g/mol. The Kier molecular flexibility index (Phi) is 7.48. The number of benzene rings is 1. The molecule has 0 spiro atoms. The normalized spacial score (nSPS) is 13.9. The summed E-state index contributed by atoms with van der Waals surface area (Å²) in [6, 6.07) is 9.11. The van der Waals surface area contributed by atoms with Crippen LogP contribution in [-0.4, -0.2) is 72.3 Å². The monoisotopic (exact) mass is 429 g/mol. The van der Waals surface area contributed by atoms with Gasteiger partial charge in [-0.05, 0) is 25.1 Å². The Morgan fingerprint density at radius 1 is 1.11 bits per heavy atom. The SMILES string of the molecule is CN(NC(=O)CS(=O)(=O)NN(C)C(=S)N1CCCC1)C(=S)c1ccccc1. The van der Waals surface area contributed by atoms with E-state index in [9.17, 15) is 13.2 Å². The molecule has 1 aliphatic rings. The average Bonchev–Trinajstić information content (AvgIpc) is 3.14. The largest absolute Gasteiger partial charge is 0.348 e. The highest BCUT2D eigenvalue weighted by molar-refractivity contribution is 7.90. The molecule has 1 saturated heterocycles. The molecule has 0 unspecified atom stereocenters. The van der Waals surface area contributed by atoms with E-state index in [2.05, 4.69) is 10.3 Å². The molecular formula is C16H23N5O3S3. The van der Waals surface area contributed by atoms with Gasteiger partial charge in [-0.15, -0.1) is 4.83 Å². The zero-order valence-corrected chi connectivity index (χ0v) is 17.7. The summed E-state index contributed by atoms with van der Waals surface area (Å²) < 4.78 is 24.5. The highest BCUT2D eigenvalue weighted by Crippen LogP contribution is 2.09. The van der Waals surface area contributed by atoms with Gasteiger partial charge in [-0.25, -0.2) is 8.42 Å². The van der Waals surface area contributed by atoms with Crippen LogP contribution in [0.2, 0.25) is 0 Å². The molecule has 2 N–H and O–H groups in total. The number of hydrogen-bond donors (Lipinski definition) is 2. The Morgan fingerprint density at radius 3 is 2.30 bits per heavy atom. The number of likely N-dealkylation sites (tertiary alicyclic amines) is 1. The van der Waals surface area contributed by atoms with Gasteiger partial charge < -0.3 is 4.90 Å². The first-order valence-corrected chi connectivity index (χ1v) is 10.8. The molecule has 8 nitrogen and oxygen atoms in total. The number of carbonyl (C=O) groups excluding carboxylic acids is 1. The van der Waals surface area contributed by atoms with Gasteiger partial charge in [0.25, 0.3) is 5.91 Å². The molecule has 2 rings (SSSR count). The molecule has 148 valence electrons. The number of carbonyl (C=O) groups is 1. The van der Waals surface area contributed by atoms with E-state index >= 15 is 0 Å². The average molecular weight is 430 g/mol. The molecule has 1 fully saturated rings. The minimum atomic E-state index is -3.91. The van der Waals surface area contributed by atoms with Crippen LogP contribution in [-0.2, 0) is 14.8 Å². The number of hydrogen-bond acceptors (Lipinski definition) is 5. The zero-order valence-electron chi connectivity index (χ0n) is 15.2. The summed E-state index contributed by atoms with van der Waals surface area (Å²) in [6.45, 7) is 1.60. The molecule has 11 heteroatoms. The Morgan fingerprint density at radius 2 is 1.70 bits per heavy atom. The molecule has 0 bridgehead atoms. The Hall–Kier alpha value is -1.82. The lowest BCUT2D eigenvalue weighted by Crippen LogP contribution is -2.52. The first-order chi connectivity index (χ1) is 12.7. The third-order valence-electron chi connectivity index (χ3n) is 3.88. The molecule has 1 amide bonds. The van der Waals surface area contributed by atoms with E-state index in [0.717, 1.165) is 31.5 Å². The van der Waals surface area contributed by atoms with Gasteiger partial charge in [0, 0.05) is 32.7 Å². The maximum absolute atomic E-state index is 12.2. The van der Waals surface area contributed by atoms with Crippen LogP contribution < -0.4 is 10.3 Å². The second kappa shape index (κ2) is 9.40. The van der Waals surface area contributed by atoms with Crippen molar-refractivity contribution in [1.82, 2.24) is 25.2 Å². The smallest absolute Gasteiger partial charge is 0.255 e. The molecule has 0 aromatic heterocycles. The van der Waals surface area contributed by atoms with E-state index < -0.39 is 21.7 Å². The number of nitrogens with zero attached hydrogens (tertiary/aromatic N) is 3. The van der Waals surface area contributed by atoms with Gasteiger partial charge in [-0.3, -0.25) is 20.2 Å². The van der Waals surface area contributed by atoms with Crippen LogP contribution in [0.4, 0.5) is 0 Å². The van der Waals surface area contributed by atoms with Crippen LogP contribution in [0.25, 0.3) is 0 Å². The molecule has 1 aliphatic heterocycles. The Bertz CT molecular complexity index is 795. The summed E-state index contributed by atoms with van der Waals surface area (Å²) in [4.78, 5) is 16.7. The quantitative estimate of drug-likeness (QED) is 0.516. The van der Waals surface area contributed by atoms with E-state index in [-0.39, 0.29) is 0 Å². The Labute approximate surface area is 170 Å². The predicted octanol–water partition coefficient (Wildman–Crippen LogP) is 0.472. The molecule has 0 aliphatic carbocycles. The number of thiocarbonyl (C=S) groups is 2. The highest BCUT2D eigenvalue weighted by atomic mass is 32.2. The van der Waals surface area contributed by atoms with Gasteiger partial charge in [0.1, 0.15) is 10.7 Å². The fourth-order valence-corrected chi connectivity index (χ4v) is 4.06. The van der Waals surface area contributed by atoms with Gasteiger partial charge in [-0.2, -0.15) is 0 Å². The van der Waals surface area contributed by atoms with Crippen molar-refractivity contribution in [2.45, 2.75) is 12.8 Å². The molecule has 0 saturated carbocycles. The molecule has 1 aromatic rings. The number of amides is 1. The van der Waals surface area contributed by atoms with E-state index in [1.54, 1.807) is 19.2 Å². The first kappa shape index (κ1) is 21.5. The van der Waals surface area contributed by atoms with Crippen LogP contribution >= 0.6 is 24.4 Å². The summed E-state index contributed by atoms with van der Waals surface area (Å²) >= 11 is 10.6. The lowest BCUT2D eigenvalue weighted by atomic mass is 10.2. The molecule has 27 heavy (non-hydrogen) atoms. The Balaban J connectivity index is 1.87. The van der Waals surface area contributed by atoms with Crippen LogP contribution in [0, 0.1) is 0 Å². The van der Waals surface area contributed by atoms with Crippen molar-refractivity contribution in [2.24, 2.45) is 0 Å². The van der Waals surface area contributed by atoms with Crippen molar-refractivity contribution in [2.75, 3.05) is 32.9 Å². The van der Waals surface area contributed by atoms with Gasteiger partial charge in [0.15, 0.2) is 5.11 Å². The third-order valence-corrected chi connectivity index (χ3v) is 6.11. The second-order valence-corrected chi connectivity index (χ2v) is 8.60. The van der Waals surface area contributed by atoms with Crippen molar-refractivity contribution in [3.05, 3.63) is 35.9 Å². The summed E-state index contributed by atoms with van der Waals surface area (Å²) in [5.41, 5.74) is 3.21.